The van der Waals surface area contributed by atoms with Crippen molar-refractivity contribution in [2.75, 3.05) is 0 Å². The largest absolute Gasteiger partial charge is 0.403 e. The lowest BCUT2D eigenvalue weighted by Gasteiger charge is -2.58. The van der Waals surface area contributed by atoms with Gasteiger partial charge in [0, 0.05) is 11.9 Å². The normalized spacial score (nSPS) is 39.2. The van der Waals surface area contributed by atoms with E-state index in [1.54, 1.807) is 0 Å². The molecule has 2 nitrogen and oxygen atoms in total. The maximum atomic E-state index is 5.91. The molecule has 0 heterocycles. The molecule has 0 aromatic rings. The predicted octanol–water partition coefficient (Wildman–Crippen LogP) is 9.13. The number of rotatable bonds is 10. The van der Waals surface area contributed by atoms with Gasteiger partial charge in [-0.05, 0) is 123 Å². The highest BCUT2D eigenvalue weighted by molar-refractivity contribution is 5.25. The van der Waals surface area contributed by atoms with E-state index in [-0.39, 0.29) is 0 Å². The van der Waals surface area contributed by atoms with E-state index in [2.05, 4.69) is 47.3 Å². The molecule has 0 aliphatic heterocycles. The second-order valence-electron chi connectivity index (χ2n) is 14.6. The van der Waals surface area contributed by atoms with Crippen molar-refractivity contribution in [2.24, 2.45) is 63.7 Å². The summed E-state index contributed by atoms with van der Waals surface area (Å²) in [6.07, 6.45) is 22.9. The van der Waals surface area contributed by atoms with Crippen molar-refractivity contribution in [3.63, 3.8) is 0 Å². The minimum Gasteiger partial charge on any atom is -0.403 e. The molecule has 3 fully saturated rings. The number of hydrogen-bond donors (Lipinski definition) is 2. The van der Waals surface area contributed by atoms with Crippen LogP contribution in [0.2, 0.25) is 0 Å². The minimum absolute atomic E-state index is 0.454. The topological polar surface area (TPSA) is 52.0 Å². The lowest BCUT2D eigenvalue weighted by atomic mass is 9.46. The highest BCUT2D eigenvalue weighted by atomic mass is 14.6. The molecule has 0 aromatic heterocycles. The fourth-order valence-electron chi connectivity index (χ4n) is 9.85. The second-order valence-corrected chi connectivity index (χ2v) is 14.6. The molecule has 0 spiro atoms. The molecule has 0 saturated heterocycles. The molecule has 4 aliphatic rings. The summed E-state index contributed by atoms with van der Waals surface area (Å²) in [6.45, 7) is 17.1. The summed E-state index contributed by atoms with van der Waals surface area (Å²) in [4.78, 5) is 0. The quantitative estimate of drug-likeness (QED) is 0.297. The van der Waals surface area contributed by atoms with Gasteiger partial charge in [0.1, 0.15) is 0 Å². The lowest BCUT2D eigenvalue weighted by Crippen LogP contribution is -2.50. The first-order chi connectivity index (χ1) is 17.1. The van der Waals surface area contributed by atoms with Gasteiger partial charge in [0.2, 0.25) is 0 Å². The van der Waals surface area contributed by atoms with Gasteiger partial charge in [-0.2, -0.15) is 0 Å². The van der Waals surface area contributed by atoms with E-state index >= 15 is 0 Å². The van der Waals surface area contributed by atoms with Crippen molar-refractivity contribution < 1.29 is 0 Å². The van der Waals surface area contributed by atoms with E-state index < -0.39 is 0 Å². The molecule has 0 bridgehead atoms. The summed E-state index contributed by atoms with van der Waals surface area (Å²) in [5.74, 6) is 6.30. The molecule has 0 radical (unpaired) electrons. The van der Waals surface area contributed by atoms with Crippen LogP contribution in [0.3, 0.4) is 0 Å². The SMILES string of the molecule is C=C(CC/C(N)=C/N)CC1CCC2(C)C(=CCC3C2CCC2(C)C(C(C)CCCC(C)C)CCC32)C1. The Bertz CT molecular complexity index is 836. The first-order valence-electron chi connectivity index (χ1n) is 15.6. The monoisotopic (exact) mass is 494 g/mol. The fraction of sp³-hybridized carbons (Fsp3) is 0.824. The Labute approximate surface area is 223 Å². The summed E-state index contributed by atoms with van der Waals surface area (Å²) in [7, 11) is 0. The third-order valence-corrected chi connectivity index (χ3v) is 12.0. The molecule has 8 unspecified atom stereocenters. The Balaban J connectivity index is 1.39. The zero-order chi connectivity index (χ0) is 26.1. The molecule has 4 N–H and O–H groups in total. The molecular weight excluding hydrogens is 436 g/mol. The zero-order valence-electron chi connectivity index (χ0n) is 24.5. The fourth-order valence-corrected chi connectivity index (χ4v) is 9.85. The van der Waals surface area contributed by atoms with Crippen LogP contribution in [0.25, 0.3) is 0 Å². The zero-order valence-corrected chi connectivity index (χ0v) is 24.5. The van der Waals surface area contributed by atoms with E-state index in [0.717, 1.165) is 66.4 Å². The van der Waals surface area contributed by atoms with E-state index in [1.807, 2.05) is 5.57 Å². The first kappa shape index (κ1) is 27.8. The summed E-state index contributed by atoms with van der Waals surface area (Å²) in [5, 5.41) is 0. The van der Waals surface area contributed by atoms with Crippen LogP contribution in [0, 0.1) is 52.3 Å². The summed E-state index contributed by atoms with van der Waals surface area (Å²) in [5.41, 5.74) is 16.5. The third-order valence-electron chi connectivity index (χ3n) is 12.0. The van der Waals surface area contributed by atoms with Crippen LogP contribution in [0.15, 0.2) is 35.7 Å². The Hall–Kier alpha value is -1.18. The Morgan fingerprint density at radius 1 is 1.06 bits per heavy atom. The van der Waals surface area contributed by atoms with Crippen molar-refractivity contribution in [1.82, 2.24) is 0 Å². The van der Waals surface area contributed by atoms with Gasteiger partial charge in [0.05, 0.1) is 0 Å². The van der Waals surface area contributed by atoms with Crippen LogP contribution in [0.4, 0.5) is 0 Å². The van der Waals surface area contributed by atoms with Gasteiger partial charge in [0.15, 0.2) is 0 Å². The van der Waals surface area contributed by atoms with E-state index in [4.69, 9.17) is 11.5 Å². The van der Waals surface area contributed by atoms with Crippen LogP contribution in [-0.4, -0.2) is 0 Å². The second kappa shape index (κ2) is 11.3. The molecule has 0 amide bonds. The molecule has 8 atom stereocenters. The van der Waals surface area contributed by atoms with E-state index in [1.165, 1.54) is 82.4 Å². The van der Waals surface area contributed by atoms with E-state index in [0.29, 0.717) is 10.8 Å². The maximum absolute atomic E-state index is 5.91. The summed E-state index contributed by atoms with van der Waals surface area (Å²) in [6, 6.07) is 0. The molecule has 36 heavy (non-hydrogen) atoms. The van der Waals surface area contributed by atoms with Gasteiger partial charge < -0.3 is 11.5 Å². The van der Waals surface area contributed by atoms with Gasteiger partial charge in [0.25, 0.3) is 0 Å². The lowest BCUT2D eigenvalue weighted by molar-refractivity contribution is -0.0527. The molecule has 204 valence electrons. The Morgan fingerprint density at radius 2 is 1.83 bits per heavy atom. The molecule has 2 heteroatoms. The van der Waals surface area contributed by atoms with Crippen molar-refractivity contribution in [3.8, 4) is 0 Å². The average Bonchev–Trinajstić information content (AvgIpc) is 3.19. The van der Waals surface area contributed by atoms with Crippen molar-refractivity contribution in [1.29, 1.82) is 0 Å². The maximum Gasteiger partial charge on any atom is 0.0241 e. The third kappa shape index (κ3) is 5.49. The molecular formula is C34H58N2. The predicted molar refractivity (Wildman–Crippen MR) is 156 cm³/mol. The molecule has 4 aliphatic carbocycles. The Kier molecular flexibility index (Phi) is 8.73. The van der Waals surface area contributed by atoms with Crippen molar-refractivity contribution in [2.45, 2.75) is 125 Å². The number of fused-ring (bicyclic) bond motifs is 5. The highest BCUT2D eigenvalue weighted by Crippen LogP contribution is 2.67. The van der Waals surface area contributed by atoms with Crippen LogP contribution in [-0.2, 0) is 0 Å². The first-order valence-corrected chi connectivity index (χ1v) is 15.6. The van der Waals surface area contributed by atoms with Gasteiger partial charge in [-0.3, -0.25) is 0 Å². The van der Waals surface area contributed by atoms with Gasteiger partial charge in [-0.25, -0.2) is 0 Å². The highest BCUT2D eigenvalue weighted by Gasteiger charge is 2.59. The number of nitrogens with two attached hydrogens (primary N) is 2. The van der Waals surface area contributed by atoms with Crippen LogP contribution < -0.4 is 11.5 Å². The molecule has 0 aromatic carbocycles. The van der Waals surface area contributed by atoms with Crippen LogP contribution in [0.5, 0.6) is 0 Å². The minimum atomic E-state index is 0.454. The van der Waals surface area contributed by atoms with Crippen LogP contribution in [0.1, 0.15) is 125 Å². The standard InChI is InChI=1S/C34H58N2/c1-23(2)8-7-9-25(4)30-14-15-31-29-13-11-27-21-26(20-24(3)10-12-28(36)22-35)16-18-33(27,5)32(29)17-19-34(30,31)6/h11,22-23,25-26,29-32H,3,7-10,12-21,35-36H2,1-2,4-6H3/b28-22-. The van der Waals surface area contributed by atoms with Gasteiger partial charge in [-0.1, -0.05) is 77.7 Å². The molecule has 4 rings (SSSR count). The number of allylic oxidation sites excluding steroid dienone is 4. The summed E-state index contributed by atoms with van der Waals surface area (Å²) >= 11 is 0. The molecule has 3 saturated carbocycles. The summed E-state index contributed by atoms with van der Waals surface area (Å²) < 4.78 is 0. The smallest absolute Gasteiger partial charge is 0.0241 e. The number of hydrogen-bond acceptors (Lipinski definition) is 2. The van der Waals surface area contributed by atoms with Gasteiger partial charge in [-0.15, -0.1) is 0 Å². The van der Waals surface area contributed by atoms with Crippen molar-refractivity contribution in [3.05, 3.63) is 35.7 Å². The van der Waals surface area contributed by atoms with E-state index in [9.17, 15) is 0 Å². The Morgan fingerprint density at radius 3 is 2.56 bits per heavy atom. The van der Waals surface area contributed by atoms with Crippen LogP contribution >= 0.6 is 0 Å². The van der Waals surface area contributed by atoms with Gasteiger partial charge >= 0.3 is 0 Å². The average molecular weight is 495 g/mol. The van der Waals surface area contributed by atoms with Crippen molar-refractivity contribution >= 4 is 0 Å².